The highest BCUT2D eigenvalue weighted by Crippen LogP contribution is 2.41. The van der Waals surface area contributed by atoms with Gasteiger partial charge in [0.2, 0.25) is 11.8 Å². The smallest absolute Gasteiger partial charge is 0.388 e. The van der Waals surface area contributed by atoms with Crippen LogP contribution in [0.1, 0.15) is 36.6 Å². The molecular formula is C23H25F2N3O5. The molecule has 2 saturated heterocycles. The number of halogens is 2. The number of pyridine rings is 1. The maximum absolute atomic E-state index is 13.7. The summed E-state index contributed by atoms with van der Waals surface area (Å²) in [6.07, 6.45) is -0.682. The first-order valence-electron chi connectivity index (χ1n) is 10.6. The number of amides is 2. The van der Waals surface area contributed by atoms with E-state index in [4.69, 9.17) is 4.89 Å². The van der Waals surface area contributed by atoms with Gasteiger partial charge in [0, 0.05) is 18.8 Å². The van der Waals surface area contributed by atoms with Crippen molar-refractivity contribution in [1.29, 1.82) is 0 Å². The predicted molar refractivity (Wildman–Crippen MR) is 114 cm³/mol. The number of carbonyl (C=O) groups excluding carboxylic acids is 2. The molecule has 2 aliphatic rings. The molecule has 3 heterocycles. The van der Waals surface area contributed by atoms with E-state index in [1.807, 2.05) is 38.1 Å². The molecule has 1 N–H and O–H groups in total. The van der Waals surface area contributed by atoms with Crippen molar-refractivity contribution in [1.82, 2.24) is 9.88 Å². The molecule has 2 amide bonds. The second-order valence-electron chi connectivity index (χ2n) is 8.53. The van der Waals surface area contributed by atoms with E-state index in [-0.39, 0.29) is 43.1 Å². The highest BCUT2D eigenvalue weighted by atomic mass is 19.3. The molecule has 4 rings (SSSR count). The SMILES string of the molecule is Cc1ccc(NC(=O)C2(c3ccccc3C(C)C)CN(C(=O)C3COO3)C2)c(OC(F)F)n1. The molecule has 176 valence electrons. The fourth-order valence-corrected chi connectivity index (χ4v) is 4.13. The lowest BCUT2D eigenvalue weighted by Gasteiger charge is -2.51. The van der Waals surface area contributed by atoms with Gasteiger partial charge in [-0.2, -0.15) is 8.78 Å². The summed E-state index contributed by atoms with van der Waals surface area (Å²) in [6, 6.07) is 10.6. The van der Waals surface area contributed by atoms with Gasteiger partial charge in [-0.05, 0) is 36.1 Å². The second-order valence-corrected chi connectivity index (χ2v) is 8.53. The second kappa shape index (κ2) is 9.03. The van der Waals surface area contributed by atoms with Crippen molar-refractivity contribution in [3.63, 3.8) is 0 Å². The average Bonchev–Trinajstić information content (AvgIpc) is 2.68. The number of anilines is 1. The number of likely N-dealkylation sites (tertiary alicyclic amines) is 1. The van der Waals surface area contributed by atoms with Crippen LogP contribution in [0.25, 0.3) is 0 Å². The first kappa shape index (κ1) is 23.1. The Labute approximate surface area is 189 Å². The summed E-state index contributed by atoms with van der Waals surface area (Å²) in [7, 11) is 0. The van der Waals surface area contributed by atoms with Crippen LogP contribution in [0.3, 0.4) is 0 Å². The van der Waals surface area contributed by atoms with Crippen molar-refractivity contribution in [2.24, 2.45) is 0 Å². The van der Waals surface area contributed by atoms with Crippen LogP contribution in [0, 0.1) is 6.92 Å². The maximum atomic E-state index is 13.7. The summed E-state index contributed by atoms with van der Waals surface area (Å²) >= 11 is 0. The number of carbonyl (C=O) groups is 2. The minimum absolute atomic E-state index is 0.0350. The van der Waals surface area contributed by atoms with Crippen LogP contribution in [0.5, 0.6) is 5.88 Å². The van der Waals surface area contributed by atoms with E-state index in [2.05, 4.69) is 19.9 Å². The first-order valence-corrected chi connectivity index (χ1v) is 10.6. The fraction of sp³-hybridized carbons (Fsp3) is 0.435. The zero-order valence-corrected chi connectivity index (χ0v) is 18.5. The Morgan fingerprint density at radius 2 is 1.91 bits per heavy atom. The summed E-state index contributed by atoms with van der Waals surface area (Å²) in [5, 5.41) is 2.71. The summed E-state index contributed by atoms with van der Waals surface area (Å²) in [4.78, 5) is 41.2. The zero-order valence-electron chi connectivity index (χ0n) is 18.5. The minimum atomic E-state index is -3.09. The molecule has 0 bridgehead atoms. The zero-order chi connectivity index (χ0) is 23.8. The van der Waals surface area contributed by atoms with Gasteiger partial charge in [-0.15, -0.1) is 0 Å². The number of aromatic nitrogens is 1. The number of hydrogen-bond donors (Lipinski definition) is 1. The van der Waals surface area contributed by atoms with Crippen molar-refractivity contribution < 1.29 is 32.9 Å². The van der Waals surface area contributed by atoms with E-state index < -0.39 is 24.0 Å². The number of nitrogens with zero attached hydrogens (tertiary/aromatic N) is 2. The molecule has 0 aliphatic carbocycles. The topological polar surface area (TPSA) is 90.0 Å². The standard InChI is InChI=1S/C23H25F2N3O5/c1-13(2)15-6-4-5-7-16(15)23(11-28(12-23)20(29)18-10-31-33-18)21(30)27-17-9-8-14(3)26-19(17)32-22(24)25/h4-9,13,18,22H,10-12H2,1-3H3,(H,27,30). The Balaban J connectivity index is 1.67. The molecule has 8 nitrogen and oxygen atoms in total. The van der Waals surface area contributed by atoms with Crippen molar-refractivity contribution in [3.8, 4) is 5.88 Å². The van der Waals surface area contributed by atoms with Crippen LogP contribution in [0.4, 0.5) is 14.5 Å². The lowest BCUT2D eigenvalue weighted by atomic mass is 9.69. The number of hydrogen-bond acceptors (Lipinski definition) is 6. The average molecular weight is 461 g/mol. The van der Waals surface area contributed by atoms with Gasteiger partial charge in [0.1, 0.15) is 17.7 Å². The van der Waals surface area contributed by atoms with E-state index in [1.54, 1.807) is 13.0 Å². The van der Waals surface area contributed by atoms with E-state index in [0.29, 0.717) is 5.69 Å². The molecule has 1 aromatic heterocycles. The predicted octanol–water partition coefficient (Wildman–Crippen LogP) is 3.16. The Kier molecular flexibility index (Phi) is 6.31. The largest absolute Gasteiger partial charge is 0.415 e. The number of benzene rings is 1. The van der Waals surface area contributed by atoms with E-state index in [0.717, 1.165) is 11.1 Å². The molecule has 0 spiro atoms. The Hall–Kier alpha value is -3.11. The van der Waals surface area contributed by atoms with Crippen LogP contribution in [0.2, 0.25) is 0 Å². The van der Waals surface area contributed by atoms with Gasteiger partial charge in [-0.1, -0.05) is 38.1 Å². The number of aryl methyl sites for hydroxylation is 1. The maximum Gasteiger partial charge on any atom is 0.388 e. The molecule has 1 aromatic carbocycles. The van der Waals surface area contributed by atoms with Crippen molar-refractivity contribution in [3.05, 3.63) is 53.2 Å². The van der Waals surface area contributed by atoms with Crippen molar-refractivity contribution >= 4 is 17.5 Å². The molecule has 33 heavy (non-hydrogen) atoms. The molecule has 2 aromatic rings. The summed E-state index contributed by atoms with van der Waals surface area (Å²) in [6.45, 7) is 2.98. The van der Waals surface area contributed by atoms with Crippen LogP contribution >= 0.6 is 0 Å². The van der Waals surface area contributed by atoms with Crippen molar-refractivity contribution in [2.45, 2.75) is 44.8 Å². The molecule has 1 unspecified atom stereocenters. The van der Waals surface area contributed by atoms with Gasteiger partial charge >= 0.3 is 6.61 Å². The fourth-order valence-electron chi connectivity index (χ4n) is 4.13. The van der Waals surface area contributed by atoms with E-state index in [9.17, 15) is 18.4 Å². The molecule has 2 aliphatic heterocycles. The summed E-state index contributed by atoms with van der Waals surface area (Å²) < 4.78 is 30.3. The summed E-state index contributed by atoms with van der Waals surface area (Å²) in [5.41, 5.74) is 1.17. The molecule has 0 saturated carbocycles. The van der Waals surface area contributed by atoms with E-state index in [1.165, 1.54) is 11.0 Å². The Morgan fingerprint density at radius 1 is 1.21 bits per heavy atom. The normalized spacial score (nSPS) is 19.1. The van der Waals surface area contributed by atoms with Gasteiger partial charge in [0.05, 0.1) is 0 Å². The molecule has 0 radical (unpaired) electrons. The van der Waals surface area contributed by atoms with Gasteiger partial charge in [-0.3, -0.25) is 9.59 Å². The Morgan fingerprint density at radius 3 is 2.52 bits per heavy atom. The monoisotopic (exact) mass is 461 g/mol. The van der Waals surface area contributed by atoms with E-state index >= 15 is 0 Å². The number of ether oxygens (including phenoxy) is 1. The quantitative estimate of drug-likeness (QED) is 0.637. The third kappa shape index (κ3) is 4.40. The van der Waals surface area contributed by atoms with Crippen LogP contribution < -0.4 is 10.1 Å². The molecule has 2 fully saturated rings. The third-order valence-corrected chi connectivity index (χ3v) is 5.89. The number of alkyl halides is 2. The Bertz CT molecular complexity index is 1050. The van der Waals surface area contributed by atoms with Gasteiger partial charge < -0.3 is 15.0 Å². The highest BCUT2D eigenvalue weighted by Gasteiger charge is 2.55. The van der Waals surface area contributed by atoms with Gasteiger partial charge in [-0.25, -0.2) is 14.8 Å². The van der Waals surface area contributed by atoms with Crippen molar-refractivity contribution in [2.75, 3.05) is 25.0 Å². The number of rotatable bonds is 7. The lowest BCUT2D eigenvalue weighted by Crippen LogP contribution is -2.69. The molecule has 10 heteroatoms. The van der Waals surface area contributed by atoms with Gasteiger partial charge in [0.15, 0.2) is 6.10 Å². The molecular weight excluding hydrogens is 436 g/mol. The van der Waals surface area contributed by atoms with Crippen LogP contribution in [-0.4, -0.2) is 54.1 Å². The highest BCUT2D eigenvalue weighted by molar-refractivity contribution is 6.03. The third-order valence-electron chi connectivity index (χ3n) is 5.89. The van der Waals surface area contributed by atoms with Crippen LogP contribution in [-0.2, 0) is 24.8 Å². The molecule has 1 atom stereocenters. The number of nitrogens with one attached hydrogen (secondary N) is 1. The van der Waals surface area contributed by atoms with Gasteiger partial charge in [0.25, 0.3) is 5.91 Å². The van der Waals surface area contributed by atoms with Crippen LogP contribution in [0.15, 0.2) is 36.4 Å². The lowest BCUT2D eigenvalue weighted by molar-refractivity contribution is -0.413. The minimum Gasteiger partial charge on any atom is -0.415 e. The first-order chi connectivity index (χ1) is 15.7. The summed E-state index contributed by atoms with van der Waals surface area (Å²) in [5.74, 6) is -0.934.